The lowest BCUT2D eigenvalue weighted by Crippen LogP contribution is -2.28. The molecule has 1 N–H and O–H groups in total. The molecule has 0 spiro atoms. The van der Waals surface area contributed by atoms with E-state index in [1.54, 1.807) is 3.96 Å². The molecule has 0 fully saturated rings. The Bertz CT molecular complexity index is 568. The third-order valence-corrected chi connectivity index (χ3v) is 4.59. The molecule has 98 valence electrons. The largest absolute Gasteiger partial charge is 0.391 e. The Kier molecular flexibility index (Phi) is 4.19. The number of rotatable bonds is 5. The van der Waals surface area contributed by atoms with Crippen LogP contribution in [0, 0.1) is 5.92 Å². The van der Waals surface area contributed by atoms with Crippen molar-refractivity contribution in [2.45, 2.75) is 39.3 Å². The second-order valence-corrected chi connectivity index (χ2v) is 5.66. The number of aliphatic hydroxyl groups is 1. The summed E-state index contributed by atoms with van der Waals surface area (Å²) in [7, 11) is 0. The van der Waals surface area contributed by atoms with Gasteiger partial charge in [0, 0.05) is 0 Å². The van der Waals surface area contributed by atoms with Gasteiger partial charge in [0.1, 0.15) is 0 Å². The maximum absolute atomic E-state index is 12.1. The molecule has 1 atom stereocenters. The van der Waals surface area contributed by atoms with Crippen molar-refractivity contribution in [3.8, 4) is 0 Å². The smallest absolute Gasteiger partial charge is 0.268 e. The van der Waals surface area contributed by atoms with Gasteiger partial charge in [-0.05, 0) is 18.1 Å². The van der Waals surface area contributed by atoms with E-state index in [2.05, 4.69) is 13.8 Å². The van der Waals surface area contributed by atoms with E-state index < -0.39 is 6.10 Å². The molecule has 1 heterocycles. The van der Waals surface area contributed by atoms with Crippen molar-refractivity contribution < 1.29 is 5.11 Å². The van der Waals surface area contributed by atoms with Gasteiger partial charge in [-0.15, -0.1) is 0 Å². The van der Waals surface area contributed by atoms with E-state index >= 15 is 0 Å². The summed E-state index contributed by atoms with van der Waals surface area (Å²) in [6, 6.07) is 7.59. The monoisotopic (exact) mass is 265 g/mol. The number of nitrogens with zero attached hydrogens (tertiary/aromatic N) is 1. The summed E-state index contributed by atoms with van der Waals surface area (Å²) in [5.74, 6) is 0.266. The number of hydrogen-bond acceptors (Lipinski definition) is 3. The molecule has 3 nitrogen and oxygen atoms in total. The maximum atomic E-state index is 12.1. The quantitative estimate of drug-likeness (QED) is 0.903. The van der Waals surface area contributed by atoms with Gasteiger partial charge in [0.05, 0.1) is 22.7 Å². The third kappa shape index (κ3) is 2.49. The maximum Gasteiger partial charge on any atom is 0.268 e. The molecule has 0 aliphatic rings. The fourth-order valence-corrected chi connectivity index (χ4v) is 3.33. The Labute approximate surface area is 111 Å². The highest BCUT2D eigenvalue weighted by atomic mass is 32.1. The van der Waals surface area contributed by atoms with Crippen LogP contribution in [-0.2, 0) is 6.54 Å². The fourth-order valence-electron chi connectivity index (χ4n) is 2.29. The Hall–Kier alpha value is -1.13. The summed E-state index contributed by atoms with van der Waals surface area (Å²) in [4.78, 5) is 12.1. The normalized spacial score (nSPS) is 13.3. The Morgan fingerprint density at radius 1 is 1.28 bits per heavy atom. The molecule has 2 aromatic rings. The van der Waals surface area contributed by atoms with Gasteiger partial charge in [-0.1, -0.05) is 50.4 Å². The lowest BCUT2D eigenvalue weighted by atomic mass is 9.97. The van der Waals surface area contributed by atoms with E-state index in [0.29, 0.717) is 6.54 Å². The number of aromatic nitrogens is 1. The van der Waals surface area contributed by atoms with Crippen LogP contribution in [0.5, 0.6) is 0 Å². The predicted octanol–water partition coefficient (Wildman–Crippen LogP) is 2.86. The molecular weight excluding hydrogens is 246 g/mol. The average Bonchev–Trinajstić information content (AvgIpc) is 2.68. The number of benzene rings is 1. The summed E-state index contributed by atoms with van der Waals surface area (Å²) in [5.41, 5.74) is 0.0145. The van der Waals surface area contributed by atoms with E-state index in [1.165, 1.54) is 11.5 Å². The van der Waals surface area contributed by atoms with Crippen LogP contribution >= 0.6 is 11.5 Å². The highest BCUT2D eigenvalue weighted by Gasteiger charge is 2.18. The van der Waals surface area contributed by atoms with Gasteiger partial charge < -0.3 is 5.11 Å². The summed E-state index contributed by atoms with van der Waals surface area (Å²) < 4.78 is 2.66. The highest BCUT2D eigenvalue weighted by molar-refractivity contribution is 7.13. The molecule has 0 amide bonds. The lowest BCUT2D eigenvalue weighted by Gasteiger charge is -2.19. The van der Waals surface area contributed by atoms with Crippen LogP contribution in [-0.4, -0.2) is 15.2 Å². The molecule has 1 aromatic heterocycles. The molecule has 0 bridgehead atoms. The van der Waals surface area contributed by atoms with E-state index in [1.807, 2.05) is 24.3 Å². The molecule has 0 aliphatic carbocycles. The van der Waals surface area contributed by atoms with Crippen LogP contribution in [0.25, 0.3) is 10.1 Å². The van der Waals surface area contributed by atoms with Crippen LogP contribution in [0.1, 0.15) is 26.7 Å². The molecule has 1 unspecified atom stereocenters. The van der Waals surface area contributed by atoms with Gasteiger partial charge in [0.2, 0.25) is 0 Å². The molecule has 18 heavy (non-hydrogen) atoms. The van der Waals surface area contributed by atoms with Crippen molar-refractivity contribution in [3.05, 3.63) is 34.6 Å². The molecule has 0 aliphatic heterocycles. The summed E-state index contributed by atoms with van der Waals surface area (Å²) in [5, 5.41) is 10.9. The number of fused-ring (bicyclic) bond motifs is 1. The van der Waals surface area contributed by atoms with Crippen LogP contribution in [0.2, 0.25) is 0 Å². The summed E-state index contributed by atoms with van der Waals surface area (Å²) >= 11 is 1.43. The fraction of sp³-hybridized carbons (Fsp3) is 0.500. The van der Waals surface area contributed by atoms with Gasteiger partial charge in [0.15, 0.2) is 0 Å². The lowest BCUT2D eigenvalue weighted by molar-refractivity contribution is 0.0878. The van der Waals surface area contributed by atoms with Gasteiger partial charge in [-0.3, -0.25) is 8.75 Å². The van der Waals surface area contributed by atoms with Gasteiger partial charge in [-0.25, -0.2) is 0 Å². The molecular formula is C14H19NO2S. The first-order valence-corrected chi connectivity index (χ1v) is 7.21. The van der Waals surface area contributed by atoms with E-state index in [4.69, 9.17) is 0 Å². The van der Waals surface area contributed by atoms with E-state index in [-0.39, 0.29) is 11.5 Å². The van der Waals surface area contributed by atoms with Crippen LogP contribution in [0.3, 0.4) is 0 Å². The average molecular weight is 265 g/mol. The van der Waals surface area contributed by atoms with Crippen molar-refractivity contribution in [3.63, 3.8) is 0 Å². The molecule has 1 aromatic carbocycles. The Balaban J connectivity index is 2.27. The van der Waals surface area contributed by atoms with Crippen LogP contribution in [0.15, 0.2) is 29.1 Å². The zero-order valence-electron chi connectivity index (χ0n) is 10.8. The van der Waals surface area contributed by atoms with E-state index in [0.717, 1.165) is 22.9 Å². The molecule has 2 rings (SSSR count). The molecule has 0 radical (unpaired) electrons. The first-order chi connectivity index (χ1) is 8.67. The highest BCUT2D eigenvalue weighted by Crippen LogP contribution is 2.19. The van der Waals surface area contributed by atoms with Crippen molar-refractivity contribution in [1.82, 2.24) is 3.96 Å². The number of aliphatic hydroxyl groups excluding tert-OH is 1. The zero-order chi connectivity index (χ0) is 13.1. The standard InChI is InChI=1S/C14H19NO2S/c1-3-10(4-2)12(16)9-15-14(17)11-7-5-6-8-13(11)18-15/h5-8,10,12,16H,3-4,9H2,1-2H3. The topological polar surface area (TPSA) is 42.2 Å². The van der Waals surface area contributed by atoms with Crippen molar-refractivity contribution >= 4 is 21.6 Å². The van der Waals surface area contributed by atoms with E-state index in [9.17, 15) is 9.90 Å². The third-order valence-electron chi connectivity index (χ3n) is 3.50. The molecule has 4 heteroatoms. The molecule has 0 saturated carbocycles. The van der Waals surface area contributed by atoms with Gasteiger partial charge in [0.25, 0.3) is 5.56 Å². The van der Waals surface area contributed by atoms with Crippen LogP contribution < -0.4 is 5.56 Å². The summed E-state index contributed by atoms with van der Waals surface area (Å²) in [6.07, 6.45) is 1.44. The van der Waals surface area contributed by atoms with Gasteiger partial charge >= 0.3 is 0 Å². The Morgan fingerprint density at radius 2 is 1.94 bits per heavy atom. The summed E-state index contributed by atoms with van der Waals surface area (Å²) in [6.45, 7) is 4.56. The first-order valence-electron chi connectivity index (χ1n) is 6.44. The second-order valence-electron chi connectivity index (χ2n) is 4.60. The number of hydrogen-bond donors (Lipinski definition) is 1. The minimum atomic E-state index is -0.439. The van der Waals surface area contributed by atoms with Crippen molar-refractivity contribution in [1.29, 1.82) is 0 Å². The van der Waals surface area contributed by atoms with Crippen molar-refractivity contribution in [2.75, 3.05) is 0 Å². The van der Waals surface area contributed by atoms with Crippen LogP contribution in [0.4, 0.5) is 0 Å². The minimum Gasteiger partial charge on any atom is -0.391 e. The zero-order valence-corrected chi connectivity index (χ0v) is 11.6. The van der Waals surface area contributed by atoms with Gasteiger partial charge in [-0.2, -0.15) is 0 Å². The SMILES string of the molecule is CCC(CC)C(O)Cn1sc2ccccc2c1=O. The minimum absolute atomic E-state index is 0.0145. The Morgan fingerprint density at radius 3 is 2.56 bits per heavy atom. The first kappa shape index (κ1) is 13.3. The predicted molar refractivity (Wildman–Crippen MR) is 76.2 cm³/mol. The molecule has 0 saturated heterocycles. The van der Waals surface area contributed by atoms with Crippen molar-refractivity contribution in [2.24, 2.45) is 5.92 Å². The second kappa shape index (κ2) is 5.67.